The average Bonchev–Trinajstić information content (AvgIpc) is 3.44. The maximum Gasteiger partial charge on any atom is 0.0540 e. The van der Waals surface area contributed by atoms with Crippen LogP contribution in [-0.4, -0.2) is 96.0 Å². The molecule has 85 heavy (non-hydrogen) atoms. The van der Waals surface area contributed by atoms with Gasteiger partial charge in [-0.15, -0.1) is 0 Å². The first-order chi connectivity index (χ1) is 40.7. The first kappa shape index (κ1) is 92.4. The molecule has 4 radical (unpaired) electrons. The molecule has 0 aromatic rings. The minimum atomic E-state index is -1.02. The fourth-order valence-corrected chi connectivity index (χ4v) is 10.7. The van der Waals surface area contributed by atoms with Crippen LogP contribution in [0.2, 0.25) is 0 Å². The number of carbonyl (C=O) groups excluding carboxylic acids is 4. The Morgan fingerprint density at radius 1 is 0.212 bits per heavy atom. The molecule has 4 atom stereocenters. The van der Waals surface area contributed by atoms with E-state index in [0.717, 1.165) is 51.4 Å². The molecule has 4 unspecified atom stereocenters. The molecule has 508 valence electrons. The van der Waals surface area contributed by atoms with Gasteiger partial charge in [-0.3, -0.25) is 0 Å². The van der Waals surface area contributed by atoms with Crippen LogP contribution in [0.15, 0.2) is 0 Å². The molecule has 13 heteroatoms. The average molecular weight is 1410 g/mol. The van der Waals surface area contributed by atoms with Crippen LogP contribution < -0.4 is 20.4 Å². The van der Waals surface area contributed by atoms with Crippen molar-refractivity contribution in [3.63, 3.8) is 0 Å². The second-order valence-electron chi connectivity index (χ2n) is 25.0. The molecule has 12 nitrogen and oxygen atoms in total. The third kappa shape index (κ3) is 96.5. The molecule has 0 aliphatic heterocycles. The molecule has 0 saturated heterocycles. The Morgan fingerprint density at radius 2 is 0.318 bits per heavy atom. The third-order valence-corrected chi connectivity index (χ3v) is 16.2. The SMILES string of the molecule is CCCCCCCCCCCCCC(O)CCCC(=O)[O-].CCCCCCCCCCCCCC(O)CCCC(=O)[O-].CCCCCCCCCCCCCC(O)CCCC(=O)[O-].CCCCCCCCCCCCCC(O)CCCC(=O)[O-].[Pb]. The van der Waals surface area contributed by atoms with Gasteiger partial charge in [-0.05, 0) is 103 Å². The van der Waals surface area contributed by atoms with Gasteiger partial charge in [0, 0.05) is 51.2 Å². The molecule has 0 fully saturated rings. The van der Waals surface area contributed by atoms with E-state index in [1.54, 1.807) is 0 Å². The molecule has 0 bridgehead atoms. The fourth-order valence-electron chi connectivity index (χ4n) is 10.7. The van der Waals surface area contributed by atoms with Gasteiger partial charge in [-0.2, -0.15) is 0 Å². The zero-order valence-electron chi connectivity index (χ0n) is 56.3. The van der Waals surface area contributed by atoms with Crippen LogP contribution in [0, 0.1) is 0 Å². The van der Waals surface area contributed by atoms with Gasteiger partial charge < -0.3 is 60.0 Å². The summed E-state index contributed by atoms with van der Waals surface area (Å²) in [4.78, 5) is 41.0. The first-order valence-corrected chi connectivity index (χ1v) is 36.2. The van der Waals surface area contributed by atoms with E-state index in [2.05, 4.69) is 27.7 Å². The van der Waals surface area contributed by atoms with Crippen LogP contribution in [0.3, 0.4) is 0 Å². The van der Waals surface area contributed by atoms with Crippen molar-refractivity contribution in [1.29, 1.82) is 0 Å². The molecule has 0 aliphatic rings. The fraction of sp³-hybridized carbons (Fsp3) is 0.944. The number of rotatable bonds is 64. The number of unbranched alkanes of at least 4 members (excludes halogenated alkanes) is 40. The molecule has 0 heterocycles. The molecule has 0 aromatic heterocycles. The Balaban J connectivity index is -0.000000333. The quantitative estimate of drug-likeness (QED) is 0.0328. The number of aliphatic carboxylic acids is 4. The van der Waals surface area contributed by atoms with E-state index >= 15 is 0 Å². The zero-order valence-corrected chi connectivity index (χ0v) is 60.2. The smallest absolute Gasteiger partial charge is 0.0540 e. The van der Waals surface area contributed by atoms with E-state index in [0.29, 0.717) is 51.4 Å². The second kappa shape index (κ2) is 80.7. The molecule has 0 rings (SSSR count). The Hall–Kier alpha value is -1.36. The van der Waals surface area contributed by atoms with Crippen LogP contribution in [-0.2, 0) is 19.2 Å². The first-order valence-electron chi connectivity index (χ1n) is 36.2. The van der Waals surface area contributed by atoms with Gasteiger partial charge >= 0.3 is 0 Å². The van der Waals surface area contributed by atoms with Gasteiger partial charge in [-0.25, -0.2) is 0 Å². The molecule has 0 aromatic carbocycles. The van der Waals surface area contributed by atoms with Crippen molar-refractivity contribution in [3.8, 4) is 0 Å². The summed E-state index contributed by atoms with van der Waals surface area (Å²) in [6, 6.07) is 0. The molecule has 4 N–H and O–H groups in total. The summed E-state index contributed by atoms with van der Waals surface area (Å²) in [7, 11) is 0. The zero-order chi connectivity index (χ0) is 63.0. The standard InChI is InChI=1S/4C18H36O3.Pb/c4*1-2-3-4-5-6-7-8-9-10-11-12-14-17(19)15-13-16-18(20)21;/h4*17,19H,2-16H2,1H3,(H,20,21);/p-4. The van der Waals surface area contributed by atoms with Crippen molar-refractivity contribution < 1.29 is 60.0 Å². The van der Waals surface area contributed by atoms with Crippen LogP contribution in [0.25, 0.3) is 0 Å². The Labute approximate surface area is 545 Å². The summed E-state index contributed by atoms with van der Waals surface area (Å²) in [5.74, 6) is -4.07. The van der Waals surface area contributed by atoms with Crippen LogP contribution in [0.5, 0.6) is 0 Å². The summed E-state index contributed by atoms with van der Waals surface area (Å²) in [6.45, 7) is 9.00. The predicted octanol–water partition coefficient (Wildman–Crippen LogP) is 15.5. The monoisotopic (exact) mass is 1410 g/mol. The number of carboxylic acid groups (broad SMARTS) is 4. The van der Waals surface area contributed by atoms with E-state index in [1.165, 1.54) is 257 Å². The van der Waals surface area contributed by atoms with E-state index in [9.17, 15) is 60.0 Å². The minimum Gasteiger partial charge on any atom is -0.550 e. The van der Waals surface area contributed by atoms with Crippen molar-refractivity contribution in [1.82, 2.24) is 0 Å². The number of aliphatic hydroxyl groups is 4. The van der Waals surface area contributed by atoms with E-state index in [4.69, 9.17) is 0 Å². The molecular weight excluding hydrogens is 1260 g/mol. The van der Waals surface area contributed by atoms with Gasteiger partial charge in [0.1, 0.15) is 0 Å². The maximum absolute atomic E-state index is 10.2. The number of aliphatic hydroxyl groups excluding tert-OH is 4. The summed E-state index contributed by atoms with van der Waals surface area (Å²) < 4.78 is 0. The minimum absolute atomic E-state index is 0. The Morgan fingerprint density at radius 3 is 0.435 bits per heavy atom. The number of hydrogen-bond acceptors (Lipinski definition) is 12. The van der Waals surface area contributed by atoms with Crippen LogP contribution in [0.1, 0.15) is 413 Å². The van der Waals surface area contributed by atoms with Gasteiger partial charge in [0.15, 0.2) is 0 Å². The van der Waals surface area contributed by atoms with E-state index < -0.39 is 23.9 Å². The number of carbonyl (C=O) groups is 4. The molecule has 0 spiro atoms. The Bertz CT molecular complexity index is 1110. The number of hydrogen-bond donors (Lipinski definition) is 4. The Kier molecular flexibility index (Phi) is 87.6. The van der Waals surface area contributed by atoms with Crippen molar-refractivity contribution in [2.75, 3.05) is 0 Å². The molecule has 0 saturated carbocycles. The van der Waals surface area contributed by atoms with Gasteiger partial charge in [0.25, 0.3) is 0 Å². The van der Waals surface area contributed by atoms with Crippen molar-refractivity contribution >= 4 is 51.2 Å². The van der Waals surface area contributed by atoms with Gasteiger partial charge in [0.05, 0.1) is 24.4 Å². The van der Waals surface area contributed by atoms with Crippen LogP contribution >= 0.6 is 0 Å². The maximum atomic E-state index is 10.2. The summed E-state index contributed by atoms with van der Waals surface area (Å²) >= 11 is 0. The summed E-state index contributed by atoms with van der Waals surface area (Å²) in [5.41, 5.74) is 0. The van der Waals surface area contributed by atoms with Crippen molar-refractivity contribution in [2.45, 2.75) is 437 Å². The summed E-state index contributed by atoms with van der Waals surface area (Å²) in [6.07, 6.45) is 64.3. The van der Waals surface area contributed by atoms with Crippen molar-refractivity contribution in [2.24, 2.45) is 0 Å². The van der Waals surface area contributed by atoms with Crippen LogP contribution in [0.4, 0.5) is 0 Å². The second-order valence-corrected chi connectivity index (χ2v) is 25.0. The van der Waals surface area contributed by atoms with Gasteiger partial charge in [0.2, 0.25) is 0 Å². The van der Waals surface area contributed by atoms with Gasteiger partial charge in [-0.1, -0.05) is 310 Å². The van der Waals surface area contributed by atoms with Crippen molar-refractivity contribution in [3.05, 3.63) is 0 Å². The molecular formula is C72H140O12Pb-4. The topological polar surface area (TPSA) is 241 Å². The van der Waals surface area contributed by atoms with E-state index in [-0.39, 0.29) is 77.4 Å². The number of carboxylic acids is 4. The normalized spacial score (nSPS) is 12.3. The third-order valence-electron chi connectivity index (χ3n) is 16.2. The predicted molar refractivity (Wildman–Crippen MR) is 350 cm³/mol. The largest absolute Gasteiger partial charge is 0.550 e. The van der Waals surface area contributed by atoms with E-state index in [1.807, 2.05) is 0 Å². The molecule has 0 aliphatic carbocycles. The summed E-state index contributed by atoms with van der Waals surface area (Å²) in [5, 5.41) is 79.8. The molecule has 0 amide bonds.